The Hall–Kier alpha value is -2.00. The lowest BCUT2D eigenvalue weighted by molar-refractivity contribution is -0.118. The van der Waals surface area contributed by atoms with E-state index in [1.807, 2.05) is 0 Å². The Morgan fingerprint density at radius 3 is 2.83 bits per heavy atom. The third-order valence-electron chi connectivity index (χ3n) is 2.30. The molecule has 1 aromatic carbocycles. The first-order valence-electron chi connectivity index (χ1n) is 4.99. The van der Waals surface area contributed by atoms with Gasteiger partial charge in [-0.25, -0.2) is 4.72 Å². The lowest BCUT2D eigenvalue weighted by Gasteiger charge is -2.20. The number of hydrogen-bond acceptors (Lipinski definition) is 5. The van der Waals surface area contributed by atoms with Crippen LogP contribution < -0.4 is 25.2 Å². The molecular formula is C9H12N4O4S. The highest BCUT2D eigenvalue weighted by Gasteiger charge is 2.19. The predicted molar refractivity (Wildman–Crippen MR) is 66.6 cm³/mol. The van der Waals surface area contributed by atoms with Gasteiger partial charge in [0, 0.05) is 13.1 Å². The highest BCUT2D eigenvalue weighted by Crippen LogP contribution is 2.35. The number of fused-ring (bicyclic) bond motifs is 1. The van der Waals surface area contributed by atoms with Crippen molar-refractivity contribution < 1.29 is 17.9 Å². The Balaban J connectivity index is 2.38. The number of nitrogen functional groups attached to an aromatic ring is 1. The summed E-state index contributed by atoms with van der Waals surface area (Å²) in [5.74, 6) is 0.0919. The fraction of sp³-hybridized carbons (Fsp3) is 0.222. The Morgan fingerprint density at radius 2 is 2.17 bits per heavy atom. The predicted octanol–water partition coefficient (Wildman–Crippen LogP) is -0.524. The number of nitrogens with two attached hydrogens (primary N) is 1. The van der Waals surface area contributed by atoms with Gasteiger partial charge < -0.3 is 15.8 Å². The van der Waals surface area contributed by atoms with Crippen LogP contribution in [0.25, 0.3) is 0 Å². The molecule has 2 rings (SSSR count). The molecule has 8 nitrogen and oxygen atoms in total. The normalized spacial score (nSPS) is 14.4. The fourth-order valence-corrected chi connectivity index (χ4v) is 1.99. The second kappa shape index (κ2) is 4.35. The van der Waals surface area contributed by atoms with Gasteiger partial charge in [-0.1, -0.05) is 0 Å². The standard InChI is InChI=1S/C9H12N4O4S/c1-11-18(15,16)13-6-3-7-8(2-5(6)10)17-4-9(14)12-7/h2-3,11,13H,4,10H2,1H3,(H,12,14). The van der Waals surface area contributed by atoms with Gasteiger partial charge >= 0.3 is 0 Å². The monoisotopic (exact) mass is 272 g/mol. The molecule has 0 aromatic heterocycles. The van der Waals surface area contributed by atoms with Crippen LogP contribution in [0, 0.1) is 0 Å². The number of carbonyl (C=O) groups is 1. The van der Waals surface area contributed by atoms with Gasteiger partial charge in [-0.3, -0.25) is 9.52 Å². The molecule has 9 heteroatoms. The highest BCUT2D eigenvalue weighted by molar-refractivity contribution is 7.90. The molecule has 0 saturated heterocycles. The minimum absolute atomic E-state index is 0.0893. The van der Waals surface area contributed by atoms with Gasteiger partial charge in [-0.05, 0) is 6.07 Å². The molecule has 98 valence electrons. The topological polar surface area (TPSA) is 123 Å². The molecule has 1 aliphatic rings. The van der Waals surface area contributed by atoms with E-state index in [1.165, 1.54) is 19.2 Å². The van der Waals surface area contributed by atoms with E-state index >= 15 is 0 Å². The fourth-order valence-electron chi connectivity index (χ4n) is 1.43. The number of nitrogens with one attached hydrogen (secondary N) is 3. The highest BCUT2D eigenvalue weighted by atomic mass is 32.2. The minimum Gasteiger partial charge on any atom is -0.482 e. The molecule has 5 N–H and O–H groups in total. The van der Waals surface area contributed by atoms with E-state index in [4.69, 9.17) is 10.5 Å². The number of anilines is 3. The van der Waals surface area contributed by atoms with Crippen molar-refractivity contribution in [3.05, 3.63) is 12.1 Å². The van der Waals surface area contributed by atoms with Crippen LogP contribution in [0.3, 0.4) is 0 Å². The van der Waals surface area contributed by atoms with Crippen LogP contribution in [-0.2, 0) is 15.0 Å². The molecule has 0 aliphatic carbocycles. The number of amides is 1. The summed E-state index contributed by atoms with van der Waals surface area (Å²) in [6, 6.07) is 2.85. The summed E-state index contributed by atoms with van der Waals surface area (Å²) in [5, 5.41) is 2.56. The molecule has 18 heavy (non-hydrogen) atoms. The first-order chi connectivity index (χ1) is 8.41. The first kappa shape index (κ1) is 12.5. The molecule has 0 bridgehead atoms. The van der Waals surface area contributed by atoms with Crippen molar-refractivity contribution in [1.29, 1.82) is 0 Å². The van der Waals surface area contributed by atoms with Crippen LogP contribution in [0.5, 0.6) is 5.75 Å². The summed E-state index contributed by atoms with van der Waals surface area (Å²) < 4.78 is 32.2. The van der Waals surface area contributed by atoms with E-state index in [0.717, 1.165) is 0 Å². The van der Waals surface area contributed by atoms with E-state index in [2.05, 4.69) is 14.8 Å². The average molecular weight is 272 g/mol. The number of carbonyl (C=O) groups excluding carboxylic acids is 1. The van der Waals surface area contributed by atoms with Gasteiger partial charge in [0.25, 0.3) is 16.1 Å². The molecule has 1 amide bonds. The Morgan fingerprint density at radius 1 is 1.44 bits per heavy atom. The van der Waals surface area contributed by atoms with Gasteiger partial charge in [0.1, 0.15) is 5.75 Å². The Bertz CT molecular complexity index is 599. The van der Waals surface area contributed by atoms with Crippen LogP contribution in [0.4, 0.5) is 17.1 Å². The van der Waals surface area contributed by atoms with Crippen LogP contribution in [0.1, 0.15) is 0 Å². The Kier molecular flexibility index (Phi) is 3.01. The molecule has 0 unspecified atom stereocenters. The summed E-state index contributed by atoms with van der Waals surface area (Å²) >= 11 is 0. The lowest BCUT2D eigenvalue weighted by Crippen LogP contribution is -2.28. The maximum atomic E-state index is 11.4. The van der Waals surface area contributed by atoms with Gasteiger partial charge in [0.15, 0.2) is 6.61 Å². The van der Waals surface area contributed by atoms with E-state index in [0.29, 0.717) is 11.4 Å². The molecule has 0 saturated carbocycles. The van der Waals surface area contributed by atoms with E-state index in [9.17, 15) is 13.2 Å². The second-order valence-corrected chi connectivity index (χ2v) is 5.20. The summed E-state index contributed by atoms with van der Waals surface area (Å²) in [6.07, 6.45) is 0. The Labute approximate surface area is 104 Å². The van der Waals surface area contributed by atoms with Gasteiger partial charge in [0.05, 0.1) is 17.1 Å². The van der Waals surface area contributed by atoms with Crippen LogP contribution in [0.15, 0.2) is 12.1 Å². The van der Waals surface area contributed by atoms with Crippen molar-refractivity contribution in [2.45, 2.75) is 0 Å². The quantitative estimate of drug-likeness (QED) is 0.551. The molecule has 1 heterocycles. The lowest BCUT2D eigenvalue weighted by atomic mass is 10.2. The SMILES string of the molecule is CNS(=O)(=O)Nc1cc2c(cc1N)OCC(=O)N2. The minimum atomic E-state index is -3.67. The average Bonchev–Trinajstić information content (AvgIpc) is 2.30. The van der Waals surface area contributed by atoms with Crippen molar-refractivity contribution in [3.63, 3.8) is 0 Å². The third kappa shape index (κ3) is 2.46. The zero-order valence-electron chi connectivity index (χ0n) is 9.48. The smallest absolute Gasteiger partial charge is 0.298 e. The summed E-state index contributed by atoms with van der Waals surface area (Å²) in [4.78, 5) is 11.1. The first-order valence-corrected chi connectivity index (χ1v) is 6.47. The largest absolute Gasteiger partial charge is 0.482 e. The molecule has 0 fully saturated rings. The van der Waals surface area contributed by atoms with Crippen molar-refractivity contribution in [2.24, 2.45) is 0 Å². The van der Waals surface area contributed by atoms with E-state index in [1.54, 1.807) is 0 Å². The molecule has 0 spiro atoms. The molecule has 1 aliphatic heterocycles. The number of hydrogen-bond donors (Lipinski definition) is 4. The number of benzene rings is 1. The third-order valence-corrected chi connectivity index (χ3v) is 3.32. The van der Waals surface area contributed by atoms with Crippen LogP contribution in [0.2, 0.25) is 0 Å². The van der Waals surface area contributed by atoms with Gasteiger partial charge in [-0.15, -0.1) is 0 Å². The summed E-state index contributed by atoms with van der Waals surface area (Å²) in [7, 11) is -2.40. The van der Waals surface area contributed by atoms with Crippen molar-refractivity contribution in [3.8, 4) is 5.75 Å². The van der Waals surface area contributed by atoms with Gasteiger partial charge in [-0.2, -0.15) is 8.42 Å². The second-order valence-electron chi connectivity index (χ2n) is 3.58. The van der Waals surface area contributed by atoms with Crippen molar-refractivity contribution in [2.75, 3.05) is 29.4 Å². The number of ether oxygens (including phenoxy) is 1. The zero-order chi connectivity index (χ0) is 13.3. The maximum absolute atomic E-state index is 11.4. The van der Waals surface area contributed by atoms with Gasteiger partial charge in [0.2, 0.25) is 0 Å². The van der Waals surface area contributed by atoms with Crippen LogP contribution >= 0.6 is 0 Å². The molecular weight excluding hydrogens is 260 g/mol. The summed E-state index contributed by atoms with van der Waals surface area (Å²) in [6.45, 7) is -0.0893. The van der Waals surface area contributed by atoms with E-state index in [-0.39, 0.29) is 23.9 Å². The van der Waals surface area contributed by atoms with E-state index < -0.39 is 10.2 Å². The molecule has 0 atom stereocenters. The molecule has 0 radical (unpaired) electrons. The zero-order valence-corrected chi connectivity index (χ0v) is 10.3. The van der Waals surface area contributed by atoms with Crippen LogP contribution in [-0.4, -0.2) is 28.0 Å². The number of rotatable bonds is 3. The molecule has 1 aromatic rings. The summed E-state index contributed by atoms with van der Waals surface area (Å²) in [5.41, 5.74) is 6.42. The van der Waals surface area contributed by atoms with Crippen molar-refractivity contribution >= 4 is 33.2 Å². The maximum Gasteiger partial charge on any atom is 0.298 e. The van der Waals surface area contributed by atoms with Crippen molar-refractivity contribution in [1.82, 2.24) is 4.72 Å².